The lowest BCUT2D eigenvalue weighted by molar-refractivity contribution is -0.137. The zero-order valence-corrected chi connectivity index (χ0v) is 21.4. The fourth-order valence-electron chi connectivity index (χ4n) is 3.58. The molecule has 3 aromatic rings. The van der Waals surface area contributed by atoms with E-state index in [2.05, 4.69) is 4.72 Å². The van der Waals surface area contributed by atoms with Crippen molar-refractivity contribution in [3.8, 4) is 0 Å². The molecule has 0 saturated carbocycles. The van der Waals surface area contributed by atoms with Crippen molar-refractivity contribution in [2.45, 2.75) is 28.8 Å². The van der Waals surface area contributed by atoms with Crippen LogP contribution in [0.2, 0.25) is 5.02 Å². The number of amides is 2. The van der Waals surface area contributed by atoms with Crippen LogP contribution >= 0.6 is 11.6 Å². The lowest BCUT2D eigenvalue weighted by Crippen LogP contribution is -2.28. The van der Waals surface area contributed by atoms with E-state index in [1.165, 1.54) is 24.3 Å². The average molecular weight is 588 g/mol. The Morgan fingerprint density at radius 3 is 1.66 bits per heavy atom. The van der Waals surface area contributed by atoms with E-state index in [0.29, 0.717) is 6.07 Å². The molecule has 3 aromatic carbocycles. The van der Waals surface area contributed by atoms with E-state index in [9.17, 15) is 39.6 Å². The van der Waals surface area contributed by atoms with Gasteiger partial charge in [-0.25, -0.2) is 16.8 Å². The average Bonchev–Trinajstić information content (AvgIpc) is 3.17. The van der Waals surface area contributed by atoms with Crippen molar-refractivity contribution in [2.24, 2.45) is 0 Å². The Kier molecular flexibility index (Phi) is 7.16. The molecule has 0 aliphatic carbocycles. The molecule has 0 unspecified atom stereocenters. The number of carbonyl (C=O) groups excluding carboxylic acids is 2. The van der Waals surface area contributed by atoms with Crippen LogP contribution in [0.1, 0.15) is 18.4 Å². The number of carbonyl (C=O) groups is 2. The molecule has 15 heteroatoms. The largest absolute Gasteiger partial charge is 0.417 e. The van der Waals surface area contributed by atoms with E-state index < -0.39 is 36.8 Å². The van der Waals surface area contributed by atoms with Crippen molar-refractivity contribution in [2.75, 3.05) is 14.3 Å². The van der Waals surface area contributed by atoms with Gasteiger partial charge in [0.1, 0.15) is 0 Å². The lowest BCUT2D eigenvalue weighted by atomic mass is 10.2. The van der Waals surface area contributed by atoms with Gasteiger partial charge in [-0.1, -0.05) is 11.6 Å². The number of hydrogen-bond donors (Lipinski definition) is 2. The van der Waals surface area contributed by atoms with Crippen LogP contribution in [0.5, 0.6) is 0 Å². The van der Waals surface area contributed by atoms with Gasteiger partial charge in [-0.2, -0.15) is 13.2 Å². The normalized spacial score (nSPS) is 14.6. The molecule has 2 N–H and O–H groups in total. The van der Waals surface area contributed by atoms with E-state index in [4.69, 9.17) is 11.6 Å². The molecule has 0 radical (unpaired) electrons. The third-order valence-electron chi connectivity index (χ3n) is 5.40. The molecule has 200 valence electrons. The summed E-state index contributed by atoms with van der Waals surface area (Å²) in [5, 5.41) is -0.593. The molecular weight excluding hydrogens is 571 g/mol. The Morgan fingerprint density at radius 1 is 0.711 bits per heavy atom. The summed E-state index contributed by atoms with van der Waals surface area (Å²) in [6.07, 6.45) is -4.63. The van der Waals surface area contributed by atoms with Crippen LogP contribution in [0.25, 0.3) is 0 Å². The smallest absolute Gasteiger partial charge is 0.280 e. The summed E-state index contributed by atoms with van der Waals surface area (Å²) >= 11 is 5.55. The molecule has 38 heavy (non-hydrogen) atoms. The summed E-state index contributed by atoms with van der Waals surface area (Å²) in [7, 11) is -8.44. The lowest BCUT2D eigenvalue weighted by Gasteiger charge is -2.15. The Bertz CT molecular complexity index is 1610. The number of alkyl halides is 3. The SMILES string of the molecule is O=C1CCC(=O)N1c1ccc(S(=O)(=O)Nc2ccc(S(=O)(=O)Nc3ccc(Cl)c(C(F)(F)F)c3)cc2)cc1. The number of hydrogen-bond acceptors (Lipinski definition) is 6. The van der Waals surface area contributed by atoms with Crippen LogP contribution in [0.3, 0.4) is 0 Å². The van der Waals surface area contributed by atoms with Gasteiger partial charge in [0, 0.05) is 24.2 Å². The molecule has 9 nitrogen and oxygen atoms in total. The minimum absolute atomic E-state index is 0.00350. The number of sulfonamides is 2. The maximum Gasteiger partial charge on any atom is 0.417 e. The minimum atomic E-state index is -4.79. The zero-order valence-electron chi connectivity index (χ0n) is 19.0. The van der Waals surface area contributed by atoms with Crippen LogP contribution in [0.4, 0.5) is 30.2 Å². The minimum Gasteiger partial charge on any atom is -0.280 e. The molecule has 2 amide bonds. The van der Waals surface area contributed by atoms with E-state index in [1.807, 2.05) is 4.72 Å². The second-order valence-electron chi connectivity index (χ2n) is 8.04. The standard InChI is InChI=1S/C23H17ClF3N3O6S2/c24-20-10-3-15(13-19(20)23(25,26)27)29-38(35,36)17-6-1-14(2-7-17)28-37(33,34)18-8-4-16(5-9-18)30-21(31)11-12-22(30)32/h1-10,13,28-29H,11-12H2. The number of anilines is 3. The Labute approximate surface area is 220 Å². The van der Waals surface area contributed by atoms with Crippen LogP contribution in [0, 0.1) is 0 Å². The molecular formula is C23H17ClF3N3O6S2. The second kappa shape index (κ2) is 9.93. The van der Waals surface area contributed by atoms with Crippen LogP contribution < -0.4 is 14.3 Å². The van der Waals surface area contributed by atoms with Crippen molar-refractivity contribution in [3.05, 3.63) is 77.3 Å². The van der Waals surface area contributed by atoms with Gasteiger partial charge in [0.15, 0.2) is 0 Å². The molecule has 1 heterocycles. The van der Waals surface area contributed by atoms with E-state index in [1.54, 1.807) is 0 Å². The number of nitrogens with one attached hydrogen (secondary N) is 2. The van der Waals surface area contributed by atoms with Crippen LogP contribution in [-0.4, -0.2) is 28.6 Å². The fourth-order valence-corrected chi connectivity index (χ4v) is 5.91. The molecule has 0 atom stereocenters. The summed E-state index contributed by atoms with van der Waals surface area (Å²) in [5.41, 5.74) is -1.34. The van der Waals surface area contributed by atoms with Gasteiger partial charge in [0.2, 0.25) is 11.8 Å². The molecule has 4 rings (SSSR count). The van der Waals surface area contributed by atoms with Gasteiger partial charge in [-0.05, 0) is 66.7 Å². The predicted octanol–water partition coefficient (Wildman–Crippen LogP) is 4.61. The zero-order chi connectivity index (χ0) is 27.9. The monoisotopic (exact) mass is 587 g/mol. The predicted molar refractivity (Wildman–Crippen MR) is 133 cm³/mol. The molecule has 1 aliphatic rings. The topological polar surface area (TPSA) is 130 Å². The van der Waals surface area contributed by atoms with Gasteiger partial charge in [-0.3, -0.25) is 23.9 Å². The van der Waals surface area contributed by atoms with E-state index in [0.717, 1.165) is 41.3 Å². The van der Waals surface area contributed by atoms with Crippen molar-refractivity contribution < 1.29 is 39.6 Å². The highest BCUT2D eigenvalue weighted by Crippen LogP contribution is 2.36. The molecule has 0 aromatic heterocycles. The van der Waals surface area contributed by atoms with Gasteiger partial charge in [-0.15, -0.1) is 0 Å². The van der Waals surface area contributed by atoms with Gasteiger partial charge < -0.3 is 0 Å². The van der Waals surface area contributed by atoms with Gasteiger partial charge >= 0.3 is 6.18 Å². The molecule has 1 saturated heterocycles. The number of nitrogens with zero attached hydrogens (tertiary/aromatic N) is 1. The second-order valence-corrected chi connectivity index (χ2v) is 11.8. The maximum absolute atomic E-state index is 13.1. The number of rotatable bonds is 7. The van der Waals surface area contributed by atoms with Gasteiger partial charge in [0.05, 0.1) is 26.1 Å². The Morgan fingerprint density at radius 2 is 1.16 bits per heavy atom. The summed E-state index contributed by atoms with van der Waals surface area (Å²) in [4.78, 5) is 24.2. The first-order chi connectivity index (χ1) is 17.7. The summed E-state index contributed by atoms with van der Waals surface area (Å²) in [6, 6.07) is 12.0. The van der Waals surface area contributed by atoms with E-state index in [-0.39, 0.29) is 51.5 Å². The quantitative estimate of drug-likeness (QED) is 0.388. The number of halogens is 4. The van der Waals surface area contributed by atoms with Crippen molar-refractivity contribution >= 4 is 60.5 Å². The number of imide groups is 1. The summed E-state index contributed by atoms with van der Waals surface area (Å²) < 4.78 is 94.2. The first kappa shape index (κ1) is 27.4. The molecule has 0 spiro atoms. The third kappa shape index (κ3) is 5.76. The first-order valence-corrected chi connectivity index (χ1v) is 14.0. The summed E-state index contributed by atoms with van der Waals surface area (Å²) in [6.45, 7) is 0. The fraction of sp³-hybridized carbons (Fsp3) is 0.130. The summed E-state index contributed by atoms with van der Waals surface area (Å²) in [5.74, 6) is -0.768. The third-order valence-corrected chi connectivity index (χ3v) is 8.52. The van der Waals surface area contributed by atoms with E-state index >= 15 is 0 Å². The molecule has 1 aliphatic heterocycles. The Balaban J connectivity index is 1.48. The Hall–Kier alpha value is -3.62. The van der Waals surface area contributed by atoms with Crippen molar-refractivity contribution in [1.29, 1.82) is 0 Å². The molecule has 1 fully saturated rings. The van der Waals surface area contributed by atoms with Crippen molar-refractivity contribution in [1.82, 2.24) is 0 Å². The van der Waals surface area contributed by atoms with Crippen LogP contribution in [0.15, 0.2) is 76.5 Å². The maximum atomic E-state index is 13.1. The first-order valence-electron chi connectivity index (χ1n) is 10.7. The number of benzene rings is 3. The van der Waals surface area contributed by atoms with Gasteiger partial charge in [0.25, 0.3) is 20.0 Å². The highest BCUT2D eigenvalue weighted by molar-refractivity contribution is 7.93. The van der Waals surface area contributed by atoms with Crippen LogP contribution in [-0.2, 0) is 35.8 Å². The molecule has 0 bridgehead atoms. The highest BCUT2D eigenvalue weighted by Gasteiger charge is 2.34. The van der Waals surface area contributed by atoms with Crippen molar-refractivity contribution in [3.63, 3.8) is 0 Å². The highest BCUT2D eigenvalue weighted by atomic mass is 35.5.